The molecule has 0 aliphatic carbocycles. The predicted molar refractivity (Wildman–Crippen MR) is 81.7 cm³/mol. The zero-order valence-corrected chi connectivity index (χ0v) is 13.9. The molecule has 1 aromatic carbocycles. The van der Waals surface area contributed by atoms with Crippen LogP contribution >= 0.6 is 23.2 Å². The van der Waals surface area contributed by atoms with Crippen molar-refractivity contribution in [3.63, 3.8) is 0 Å². The molecule has 0 aromatic heterocycles. The Morgan fingerprint density at radius 2 is 2.00 bits per heavy atom. The van der Waals surface area contributed by atoms with Gasteiger partial charge < -0.3 is 4.90 Å². The molecular weight excluding hydrogens is 378 g/mol. The van der Waals surface area contributed by atoms with Gasteiger partial charge in [-0.1, -0.05) is 11.6 Å². The largest absolute Gasteiger partial charge is 0.417 e. The number of amides is 1. The molecule has 0 radical (unpaired) electrons. The molecule has 1 atom stereocenters. The van der Waals surface area contributed by atoms with Crippen molar-refractivity contribution in [1.29, 1.82) is 0 Å². The van der Waals surface area contributed by atoms with E-state index >= 15 is 0 Å². The summed E-state index contributed by atoms with van der Waals surface area (Å²) in [5, 5.41) is -0.501. The third kappa shape index (κ3) is 4.10. The van der Waals surface area contributed by atoms with Crippen LogP contribution in [-0.4, -0.2) is 37.8 Å². The zero-order valence-electron chi connectivity index (χ0n) is 11.6. The molecule has 0 spiro atoms. The average molecular weight is 390 g/mol. The van der Waals surface area contributed by atoms with Gasteiger partial charge in [0.2, 0.25) is 5.91 Å². The van der Waals surface area contributed by atoms with E-state index in [0.717, 1.165) is 17.0 Å². The van der Waals surface area contributed by atoms with Gasteiger partial charge in [-0.05, 0) is 24.6 Å². The summed E-state index contributed by atoms with van der Waals surface area (Å²) in [5.41, 5.74) is -1.17. The number of nitrogens with zero attached hydrogens (tertiary/aromatic N) is 1. The van der Waals surface area contributed by atoms with E-state index in [4.69, 9.17) is 23.2 Å². The summed E-state index contributed by atoms with van der Waals surface area (Å²) >= 11 is 11.1. The van der Waals surface area contributed by atoms with Crippen LogP contribution in [0.2, 0.25) is 5.02 Å². The van der Waals surface area contributed by atoms with Crippen LogP contribution in [0.3, 0.4) is 0 Å². The third-order valence-electron chi connectivity index (χ3n) is 3.49. The summed E-state index contributed by atoms with van der Waals surface area (Å²) in [7, 11) is -3.32. The number of carbonyl (C=O) groups is 1. The molecule has 1 fully saturated rings. The molecule has 1 aliphatic heterocycles. The van der Waals surface area contributed by atoms with Crippen LogP contribution in [-0.2, 0) is 20.8 Å². The first-order valence-electron chi connectivity index (χ1n) is 6.50. The maximum absolute atomic E-state index is 13.0. The van der Waals surface area contributed by atoms with Gasteiger partial charge in [-0.3, -0.25) is 4.79 Å². The van der Waals surface area contributed by atoms with E-state index < -0.39 is 44.4 Å². The summed E-state index contributed by atoms with van der Waals surface area (Å²) in [6, 6.07) is 2.26. The van der Waals surface area contributed by atoms with Crippen molar-refractivity contribution in [3.8, 4) is 0 Å². The van der Waals surface area contributed by atoms with E-state index in [0.29, 0.717) is 0 Å². The Morgan fingerprint density at radius 1 is 1.35 bits per heavy atom. The Bertz CT molecular complexity index is 722. The number of rotatable bonds is 3. The molecule has 1 aliphatic rings. The van der Waals surface area contributed by atoms with Crippen molar-refractivity contribution < 1.29 is 26.4 Å². The highest BCUT2D eigenvalue weighted by atomic mass is 35.5. The fourth-order valence-electron chi connectivity index (χ4n) is 2.48. The number of hydrogen-bond acceptors (Lipinski definition) is 3. The fourth-order valence-corrected chi connectivity index (χ4v) is 4.54. The Balaban J connectivity index is 2.47. The topological polar surface area (TPSA) is 54.5 Å². The number of halogens is 5. The van der Waals surface area contributed by atoms with Crippen LogP contribution in [0.4, 0.5) is 18.9 Å². The lowest BCUT2D eigenvalue weighted by Crippen LogP contribution is -2.42. The lowest BCUT2D eigenvalue weighted by atomic mass is 10.1. The third-order valence-corrected chi connectivity index (χ3v) is 5.80. The molecule has 0 saturated carbocycles. The molecule has 4 nitrogen and oxygen atoms in total. The molecule has 2 rings (SSSR count). The number of alkyl halides is 4. The average Bonchev–Trinajstić information content (AvgIpc) is 2.79. The van der Waals surface area contributed by atoms with E-state index in [2.05, 4.69) is 0 Å². The van der Waals surface area contributed by atoms with Crippen LogP contribution in [0.1, 0.15) is 12.0 Å². The second kappa shape index (κ2) is 6.49. The minimum atomic E-state index is -4.69. The molecule has 10 heteroatoms. The van der Waals surface area contributed by atoms with Gasteiger partial charge in [-0.15, -0.1) is 11.6 Å². The van der Waals surface area contributed by atoms with Gasteiger partial charge in [0.15, 0.2) is 9.84 Å². The monoisotopic (exact) mass is 389 g/mol. The van der Waals surface area contributed by atoms with Gasteiger partial charge in [-0.2, -0.15) is 13.2 Å². The van der Waals surface area contributed by atoms with Crippen LogP contribution in [0, 0.1) is 0 Å². The van der Waals surface area contributed by atoms with Crippen LogP contribution < -0.4 is 4.90 Å². The number of benzene rings is 1. The Kier molecular flexibility index (Phi) is 5.18. The van der Waals surface area contributed by atoms with Crippen LogP contribution in [0.25, 0.3) is 0 Å². The van der Waals surface area contributed by atoms with Gasteiger partial charge in [0, 0.05) is 5.69 Å². The summed E-state index contributed by atoms with van der Waals surface area (Å²) in [6.45, 7) is 0. The standard InChI is InChI=1S/C13H12Cl2F3NO3S/c14-6-12(20)19(9-3-4-23(21,22)7-9)8-1-2-11(15)10(5-8)13(16,17)18/h1-2,5,9H,3-4,6-7H2/t9-/m1/s1. The van der Waals surface area contributed by atoms with Crippen molar-refractivity contribution >= 4 is 44.6 Å². The lowest BCUT2D eigenvalue weighted by Gasteiger charge is -2.28. The number of hydrogen-bond donors (Lipinski definition) is 0. The van der Waals surface area contributed by atoms with Crippen molar-refractivity contribution in [2.45, 2.75) is 18.6 Å². The van der Waals surface area contributed by atoms with E-state index in [-0.39, 0.29) is 23.6 Å². The van der Waals surface area contributed by atoms with E-state index in [9.17, 15) is 26.4 Å². The summed E-state index contributed by atoms with van der Waals surface area (Å²) in [4.78, 5) is 13.1. The maximum Gasteiger partial charge on any atom is 0.417 e. The molecule has 128 valence electrons. The van der Waals surface area contributed by atoms with E-state index in [1.807, 2.05) is 0 Å². The van der Waals surface area contributed by atoms with E-state index in [1.165, 1.54) is 6.07 Å². The number of sulfone groups is 1. The summed E-state index contributed by atoms with van der Waals surface area (Å²) in [6.07, 6.45) is -4.54. The van der Waals surface area contributed by atoms with Crippen LogP contribution in [0.15, 0.2) is 18.2 Å². The first-order chi connectivity index (χ1) is 10.5. The SMILES string of the molecule is O=C(CCl)N(c1ccc(Cl)c(C(F)(F)F)c1)[C@@H]1CCS(=O)(=O)C1. The first-order valence-corrected chi connectivity index (χ1v) is 9.24. The van der Waals surface area contributed by atoms with Crippen molar-refractivity contribution in [2.75, 3.05) is 22.3 Å². The highest BCUT2D eigenvalue weighted by Crippen LogP contribution is 2.38. The van der Waals surface area contributed by atoms with Crippen molar-refractivity contribution in [3.05, 3.63) is 28.8 Å². The molecular formula is C13H12Cl2F3NO3S. The molecule has 1 aromatic rings. The number of anilines is 1. The fraction of sp³-hybridized carbons (Fsp3) is 0.462. The van der Waals surface area contributed by atoms with Crippen LogP contribution in [0.5, 0.6) is 0 Å². The Morgan fingerprint density at radius 3 is 2.48 bits per heavy atom. The molecule has 0 bridgehead atoms. The van der Waals surface area contributed by atoms with Gasteiger partial charge in [0.25, 0.3) is 0 Å². The Hall–Kier alpha value is -0.990. The molecule has 0 N–H and O–H groups in total. The molecule has 0 unspecified atom stereocenters. The second-order valence-corrected chi connectivity index (χ2v) is 8.02. The first kappa shape index (κ1) is 18.4. The highest BCUT2D eigenvalue weighted by Gasteiger charge is 2.38. The predicted octanol–water partition coefficient (Wildman–Crippen LogP) is 3.12. The molecule has 23 heavy (non-hydrogen) atoms. The normalized spacial score (nSPS) is 20.5. The summed E-state index contributed by atoms with van der Waals surface area (Å²) < 4.78 is 62.1. The Labute approximate surface area is 141 Å². The van der Waals surface area contributed by atoms with Crippen molar-refractivity contribution in [1.82, 2.24) is 0 Å². The quantitative estimate of drug-likeness (QED) is 0.746. The van der Waals surface area contributed by atoms with Crippen molar-refractivity contribution in [2.24, 2.45) is 0 Å². The minimum absolute atomic E-state index is 0.0746. The zero-order chi connectivity index (χ0) is 17.4. The van der Waals surface area contributed by atoms with Gasteiger partial charge in [0.1, 0.15) is 5.88 Å². The van der Waals surface area contributed by atoms with Gasteiger partial charge in [-0.25, -0.2) is 8.42 Å². The summed E-state index contributed by atoms with van der Waals surface area (Å²) in [5.74, 6) is -1.56. The van der Waals surface area contributed by atoms with E-state index in [1.54, 1.807) is 0 Å². The molecule has 1 saturated heterocycles. The molecule has 1 heterocycles. The van der Waals surface area contributed by atoms with Gasteiger partial charge >= 0.3 is 6.18 Å². The second-order valence-electron chi connectivity index (χ2n) is 5.12. The smallest absolute Gasteiger partial charge is 0.307 e. The maximum atomic E-state index is 13.0. The lowest BCUT2D eigenvalue weighted by molar-refractivity contribution is -0.137. The number of carbonyl (C=O) groups excluding carboxylic acids is 1. The molecule has 1 amide bonds. The highest BCUT2D eigenvalue weighted by molar-refractivity contribution is 7.91. The van der Waals surface area contributed by atoms with Gasteiger partial charge in [0.05, 0.1) is 28.1 Å². The minimum Gasteiger partial charge on any atom is -0.307 e.